The molecule has 0 unspecified atom stereocenters. The number of rotatable bonds is 5. The number of ether oxygens (including phenoxy) is 2. The molecule has 5 aromatic rings. The summed E-state index contributed by atoms with van der Waals surface area (Å²) in [6.07, 6.45) is 3.54. The monoisotopic (exact) mass is 398 g/mol. The Morgan fingerprint density at radius 1 is 1.07 bits per heavy atom. The van der Waals surface area contributed by atoms with Gasteiger partial charge in [0, 0.05) is 35.2 Å². The van der Waals surface area contributed by atoms with Gasteiger partial charge in [0.15, 0.2) is 23.0 Å². The summed E-state index contributed by atoms with van der Waals surface area (Å²) in [6.45, 7) is 0. The fourth-order valence-electron chi connectivity index (χ4n) is 3.57. The zero-order chi connectivity index (χ0) is 20.7. The van der Waals surface area contributed by atoms with Crippen molar-refractivity contribution in [2.24, 2.45) is 0 Å². The highest BCUT2D eigenvalue weighted by Crippen LogP contribution is 2.36. The molecule has 0 atom stereocenters. The number of benzene rings is 2. The van der Waals surface area contributed by atoms with Crippen LogP contribution in [0.1, 0.15) is 5.56 Å². The van der Waals surface area contributed by atoms with E-state index in [0.717, 1.165) is 27.8 Å². The number of nitriles is 1. The SMILES string of the molecule is COc1ccc(Nc2c(-c3ccc4cc[nH]c4c3)nc3c(C#N)c[nH]n23)cc1OC. The predicted octanol–water partition coefficient (Wildman–Crippen LogP) is 4.44. The summed E-state index contributed by atoms with van der Waals surface area (Å²) >= 11 is 0. The highest BCUT2D eigenvalue weighted by atomic mass is 16.5. The Morgan fingerprint density at radius 3 is 2.73 bits per heavy atom. The average molecular weight is 398 g/mol. The van der Waals surface area contributed by atoms with Crippen LogP contribution in [0.4, 0.5) is 11.5 Å². The van der Waals surface area contributed by atoms with Crippen LogP contribution < -0.4 is 14.8 Å². The van der Waals surface area contributed by atoms with Crippen molar-refractivity contribution in [3.8, 4) is 28.8 Å². The van der Waals surface area contributed by atoms with Crippen molar-refractivity contribution < 1.29 is 9.47 Å². The van der Waals surface area contributed by atoms with Crippen LogP contribution in [0.2, 0.25) is 0 Å². The lowest BCUT2D eigenvalue weighted by Crippen LogP contribution is -1.99. The molecule has 0 radical (unpaired) electrons. The van der Waals surface area contributed by atoms with Crippen LogP contribution in [0.25, 0.3) is 27.8 Å². The van der Waals surface area contributed by atoms with Gasteiger partial charge in [-0.25, -0.2) is 9.50 Å². The number of hydrogen-bond acceptors (Lipinski definition) is 5. The Hall–Kier alpha value is -4.38. The zero-order valence-electron chi connectivity index (χ0n) is 16.4. The molecule has 2 aromatic carbocycles. The highest BCUT2D eigenvalue weighted by molar-refractivity contribution is 5.88. The molecule has 0 fully saturated rings. The van der Waals surface area contributed by atoms with Crippen molar-refractivity contribution >= 4 is 28.1 Å². The van der Waals surface area contributed by atoms with Crippen molar-refractivity contribution in [1.82, 2.24) is 19.6 Å². The lowest BCUT2D eigenvalue weighted by molar-refractivity contribution is 0.355. The summed E-state index contributed by atoms with van der Waals surface area (Å²) in [5.74, 6) is 1.97. The third kappa shape index (κ3) is 2.72. The Kier molecular flexibility index (Phi) is 4.07. The number of nitrogens with zero attached hydrogens (tertiary/aromatic N) is 3. The first-order chi connectivity index (χ1) is 14.7. The number of imidazole rings is 1. The molecule has 0 aliphatic heterocycles. The van der Waals surface area contributed by atoms with Crippen molar-refractivity contribution in [2.75, 3.05) is 19.5 Å². The van der Waals surface area contributed by atoms with E-state index in [0.29, 0.717) is 28.5 Å². The number of nitrogens with one attached hydrogen (secondary N) is 3. The minimum absolute atomic E-state index is 0.470. The Morgan fingerprint density at radius 2 is 1.93 bits per heavy atom. The van der Waals surface area contributed by atoms with Crippen LogP contribution in [0.15, 0.2) is 54.9 Å². The van der Waals surface area contributed by atoms with E-state index in [1.54, 1.807) is 24.9 Å². The highest BCUT2D eigenvalue weighted by Gasteiger charge is 2.19. The fourth-order valence-corrected chi connectivity index (χ4v) is 3.57. The first kappa shape index (κ1) is 17.7. The molecule has 8 heteroatoms. The van der Waals surface area contributed by atoms with Gasteiger partial charge < -0.3 is 19.8 Å². The normalized spacial score (nSPS) is 11.0. The topological polar surface area (TPSA) is 103 Å². The number of methoxy groups -OCH3 is 2. The van der Waals surface area contributed by atoms with Gasteiger partial charge in [-0.1, -0.05) is 12.1 Å². The lowest BCUT2D eigenvalue weighted by Gasteiger charge is -2.12. The fraction of sp³-hybridized carbons (Fsp3) is 0.0909. The molecule has 5 rings (SSSR count). The first-order valence-electron chi connectivity index (χ1n) is 9.28. The average Bonchev–Trinajstić information content (AvgIpc) is 3.48. The smallest absolute Gasteiger partial charge is 0.173 e. The van der Waals surface area contributed by atoms with E-state index in [4.69, 9.17) is 14.5 Å². The van der Waals surface area contributed by atoms with Crippen LogP contribution >= 0.6 is 0 Å². The van der Waals surface area contributed by atoms with E-state index in [1.165, 1.54) is 0 Å². The molecule has 148 valence electrons. The summed E-state index contributed by atoms with van der Waals surface area (Å²) in [6, 6.07) is 15.9. The maximum atomic E-state index is 9.45. The van der Waals surface area contributed by atoms with E-state index >= 15 is 0 Å². The molecule has 0 saturated heterocycles. The van der Waals surface area contributed by atoms with Crippen LogP contribution in [0, 0.1) is 11.3 Å². The van der Waals surface area contributed by atoms with Crippen LogP contribution in [0.3, 0.4) is 0 Å². The van der Waals surface area contributed by atoms with Gasteiger partial charge in [-0.15, -0.1) is 0 Å². The van der Waals surface area contributed by atoms with E-state index in [2.05, 4.69) is 21.5 Å². The van der Waals surface area contributed by atoms with Gasteiger partial charge in [-0.2, -0.15) is 5.26 Å². The number of hydrogen-bond donors (Lipinski definition) is 3. The summed E-state index contributed by atoms with van der Waals surface area (Å²) in [7, 11) is 3.20. The molecule has 0 aliphatic rings. The molecule has 8 nitrogen and oxygen atoms in total. The van der Waals surface area contributed by atoms with Gasteiger partial charge >= 0.3 is 0 Å². The maximum absolute atomic E-state index is 9.45. The second-order valence-corrected chi connectivity index (χ2v) is 6.74. The maximum Gasteiger partial charge on any atom is 0.173 e. The van der Waals surface area contributed by atoms with Gasteiger partial charge in [0.2, 0.25) is 0 Å². The molecule has 3 N–H and O–H groups in total. The molecule has 0 aliphatic carbocycles. The summed E-state index contributed by atoms with van der Waals surface area (Å²) in [5.41, 5.74) is 4.49. The first-order valence-corrected chi connectivity index (χ1v) is 9.28. The molecule has 3 aromatic heterocycles. The second-order valence-electron chi connectivity index (χ2n) is 6.74. The third-order valence-corrected chi connectivity index (χ3v) is 5.05. The van der Waals surface area contributed by atoms with Crippen molar-refractivity contribution in [2.45, 2.75) is 0 Å². The molecule has 30 heavy (non-hydrogen) atoms. The summed E-state index contributed by atoms with van der Waals surface area (Å²) < 4.78 is 12.5. The molecule has 0 spiro atoms. The largest absolute Gasteiger partial charge is 0.493 e. The number of H-pyrrole nitrogens is 2. The molecule has 0 saturated carbocycles. The molecular formula is C22H18N6O2. The zero-order valence-corrected chi connectivity index (χ0v) is 16.4. The van der Waals surface area contributed by atoms with Gasteiger partial charge in [0.25, 0.3) is 0 Å². The third-order valence-electron chi connectivity index (χ3n) is 5.05. The molecule has 0 bridgehead atoms. The van der Waals surface area contributed by atoms with Gasteiger partial charge in [0.05, 0.1) is 14.2 Å². The Bertz CT molecular complexity index is 1420. The Balaban J connectivity index is 1.67. The van der Waals surface area contributed by atoms with Gasteiger partial charge in [0.1, 0.15) is 17.3 Å². The van der Waals surface area contributed by atoms with Crippen LogP contribution in [0.5, 0.6) is 11.5 Å². The van der Waals surface area contributed by atoms with Crippen molar-refractivity contribution in [1.29, 1.82) is 5.26 Å². The molecule has 0 amide bonds. The van der Waals surface area contributed by atoms with Crippen LogP contribution in [-0.4, -0.2) is 33.8 Å². The standard InChI is InChI=1S/C22H18N6O2/c1-29-18-6-5-16(10-19(18)30-2)26-22-20(27-21-15(11-23)12-25-28(21)22)14-4-3-13-7-8-24-17(13)9-14/h3-10,12,24-26H,1-2H3. The van der Waals surface area contributed by atoms with E-state index in [9.17, 15) is 5.26 Å². The second kappa shape index (κ2) is 6.90. The lowest BCUT2D eigenvalue weighted by atomic mass is 10.1. The number of fused-ring (bicyclic) bond motifs is 2. The summed E-state index contributed by atoms with van der Waals surface area (Å²) in [4.78, 5) is 7.99. The minimum atomic E-state index is 0.470. The predicted molar refractivity (Wildman–Crippen MR) is 114 cm³/mol. The van der Waals surface area contributed by atoms with Gasteiger partial charge in [-0.05, 0) is 29.7 Å². The molecular weight excluding hydrogens is 380 g/mol. The van der Waals surface area contributed by atoms with Gasteiger partial charge in [-0.3, -0.25) is 5.10 Å². The van der Waals surface area contributed by atoms with Crippen LogP contribution in [-0.2, 0) is 0 Å². The number of aromatic nitrogens is 4. The van der Waals surface area contributed by atoms with E-state index in [-0.39, 0.29) is 0 Å². The minimum Gasteiger partial charge on any atom is -0.493 e. The van der Waals surface area contributed by atoms with E-state index in [1.807, 2.05) is 48.7 Å². The quantitative estimate of drug-likeness (QED) is 0.406. The molecule has 3 heterocycles. The van der Waals surface area contributed by atoms with E-state index < -0.39 is 0 Å². The Labute approximate surface area is 171 Å². The van der Waals surface area contributed by atoms with Crippen molar-refractivity contribution in [3.05, 3.63) is 60.4 Å². The van der Waals surface area contributed by atoms with Crippen molar-refractivity contribution in [3.63, 3.8) is 0 Å². The number of anilines is 2. The summed E-state index contributed by atoms with van der Waals surface area (Å²) in [5, 5.41) is 17.1. The number of aromatic amines is 2.